The van der Waals surface area contributed by atoms with Gasteiger partial charge in [-0.05, 0) is 6.42 Å². The number of nitrogens with two attached hydrogens (primary N) is 2. The normalized spacial score (nSPS) is 15.2. The molecule has 0 aliphatic heterocycles. The molecule has 0 aliphatic rings. The van der Waals surface area contributed by atoms with Crippen molar-refractivity contribution < 1.29 is 19.1 Å². The van der Waals surface area contributed by atoms with E-state index in [4.69, 9.17) is 16.6 Å². The second kappa shape index (κ2) is 4.66. The Kier molecular flexibility index (Phi) is 4.20. The van der Waals surface area contributed by atoms with Gasteiger partial charge in [-0.2, -0.15) is 0 Å². The molecule has 5 N–H and O–H groups in total. The predicted molar refractivity (Wildman–Crippen MR) is 38.9 cm³/mol. The van der Waals surface area contributed by atoms with Gasteiger partial charge in [-0.1, -0.05) is 0 Å². The van der Waals surface area contributed by atoms with Crippen molar-refractivity contribution in [1.29, 1.82) is 0 Å². The number of alkyl halides is 1. The van der Waals surface area contributed by atoms with E-state index in [2.05, 4.69) is 0 Å². The van der Waals surface area contributed by atoms with Crippen molar-refractivity contribution in [3.63, 3.8) is 0 Å². The van der Waals surface area contributed by atoms with Gasteiger partial charge in [-0.15, -0.1) is 0 Å². The van der Waals surface area contributed by atoms with Crippen molar-refractivity contribution in [2.45, 2.75) is 12.5 Å². The first kappa shape index (κ1) is 10.8. The minimum atomic E-state index is -1.27. The Morgan fingerprint density at radius 3 is 2.25 bits per heavy atom. The molecule has 0 rings (SSSR count). The van der Waals surface area contributed by atoms with Crippen molar-refractivity contribution in [2.24, 2.45) is 17.4 Å². The molecule has 0 saturated carbocycles. The van der Waals surface area contributed by atoms with Crippen LogP contribution in [0.4, 0.5) is 4.39 Å². The van der Waals surface area contributed by atoms with E-state index < -0.39 is 30.5 Å². The number of hydrogen-bond donors (Lipinski definition) is 3. The van der Waals surface area contributed by atoms with E-state index in [9.17, 15) is 14.0 Å². The monoisotopic (exact) mass is 177 g/mol. The molecule has 1 amide bonds. The zero-order chi connectivity index (χ0) is 9.72. The van der Waals surface area contributed by atoms with Gasteiger partial charge in [0.1, 0.15) is 12.7 Å². The molecule has 0 fully saturated rings. The van der Waals surface area contributed by atoms with Gasteiger partial charge in [0.25, 0.3) is 0 Å². The Labute approximate surface area is 68.5 Å². The van der Waals surface area contributed by atoms with Gasteiger partial charge in [0.2, 0.25) is 5.91 Å². The Balaban J connectivity index is 4.02. The first-order valence-electron chi connectivity index (χ1n) is 3.32. The van der Waals surface area contributed by atoms with Crippen LogP contribution in [0.3, 0.4) is 0 Å². The van der Waals surface area contributed by atoms with E-state index >= 15 is 0 Å². The summed E-state index contributed by atoms with van der Waals surface area (Å²) in [5.74, 6) is -3.24. The number of carbonyl (C=O) groups excluding carboxylic acids is 1. The molecule has 0 bridgehead atoms. The van der Waals surface area contributed by atoms with E-state index in [0.29, 0.717) is 0 Å². The van der Waals surface area contributed by atoms with Crippen LogP contribution < -0.4 is 11.5 Å². The molecular weight excluding hydrogens is 166 g/mol. The third kappa shape index (κ3) is 3.29. The highest BCUT2D eigenvalue weighted by atomic mass is 18.2. The van der Waals surface area contributed by atoms with Gasteiger partial charge < -0.3 is 16.6 Å². The van der Waals surface area contributed by atoms with E-state index in [0.717, 1.165) is 0 Å². The first-order chi connectivity index (χ1) is 5.49. The summed E-state index contributed by atoms with van der Waals surface area (Å²) in [5, 5.41) is 8.31. The van der Waals surface area contributed by atoms with Crippen LogP contribution in [0.25, 0.3) is 0 Å². The number of hydrogen-bond acceptors (Lipinski definition) is 3. The zero-order valence-electron chi connectivity index (χ0n) is 6.37. The maximum Gasteiger partial charge on any atom is 0.320 e. The lowest BCUT2D eigenvalue weighted by molar-refractivity contribution is -0.139. The molecule has 0 radical (unpaired) electrons. The fourth-order valence-electron chi connectivity index (χ4n) is 0.663. The second-order valence-corrected chi connectivity index (χ2v) is 2.43. The molecular formula is C6H11FN2O3. The highest BCUT2D eigenvalue weighted by Crippen LogP contribution is 2.05. The minimum absolute atomic E-state index is 0.263. The largest absolute Gasteiger partial charge is 0.480 e. The van der Waals surface area contributed by atoms with Gasteiger partial charge in [0.15, 0.2) is 0 Å². The number of rotatable bonds is 5. The third-order valence-corrected chi connectivity index (χ3v) is 1.44. The summed E-state index contributed by atoms with van der Waals surface area (Å²) < 4.78 is 12.0. The second-order valence-electron chi connectivity index (χ2n) is 2.43. The van der Waals surface area contributed by atoms with Crippen molar-refractivity contribution in [3.05, 3.63) is 0 Å². The SMILES string of the molecule is NC(=O)C(C[18F])CC(N)C(=O)O. The topological polar surface area (TPSA) is 106 Å². The molecule has 0 saturated heterocycles. The summed E-state index contributed by atoms with van der Waals surface area (Å²) in [6.07, 6.45) is -0.263. The number of aliphatic carboxylic acids is 1. The van der Waals surface area contributed by atoms with Gasteiger partial charge in [-0.3, -0.25) is 14.0 Å². The Hall–Kier alpha value is -1.17. The Bertz CT molecular complexity index is 186. The van der Waals surface area contributed by atoms with Crippen LogP contribution >= 0.6 is 0 Å². The zero-order valence-corrected chi connectivity index (χ0v) is 6.37. The highest BCUT2D eigenvalue weighted by Gasteiger charge is 2.22. The predicted octanol–water partition coefficient (Wildman–Crippen LogP) is -1.14. The fraction of sp³-hybridized carbons (Fsp3) is 0.667. The van der Waals surface area contributed by atoms with Crippen molar-refractivity contribution in [3.8, 4) is 0 Å². The van der Waals surface area contributed by atoms with Gasteiger partial charge >= 0.3 is 5.97 Å². The molecule has 2 unspecified atom stereocenters. The smallest absolute Gasteiger partial charge is 0.320 e. The first-order valence-corrected chi connectivity index (χ1v) is 3.32. The summed E-state index contributed by atoms with van der Waals surface area (Å²) in [6.45, 7) is -0.976. The van der Waals surface area contributed by atoms with E-state index in [1.54, 1.807) is 0 Å². The summed E-state index contributed by atoms with van der Waals surface area (Å²) in [6, 6.07) is -1.24. The van der Waals surface area contributed by atoms with Gasteiger partial charge in [0.05, 0.1) is 5.92 Å². The van der Waals surface area contributed by atoms with Gasteiger partial charge in [-0.25, -0.2) is 0 Å². The lowest BCUT2D eigenvalue weighted by atomic mass is 10.0. The maximum atomic E-state index is 12.0. The minimum Gasteiger partial charge on any atom is -0.480 e. The summed E-state index contributed by atoms with van der Waals surface area (Å²) in [5.41, 5.74) is 9.82. The van der Waals surface area contributed by atoms with Crippen LogP contribution in [-0.4, -0.2) is 29.7 Å². The standard InChI is InChI=1S/C6H11FN2O3/c7-2-3(5(9)10)1-4(8)6(11)12/h3-4H,1-2,8H2,(H2,9,10)(H,11,12)/i7-1. The van der Waals surface area contributed by atoms with Crippen molar-refractivity contribution in [2.75, 3.05) is 6.67 Å². The quantitative estimate of drug-likeness (QED) is 0.493. The fourth-order valence-corrected chi connectivity index (χ4v) is 0.663. The molecule has 2 atom stereocenters. The maximum absolute atomic E-state index is 12.0. The molecule has 0 aromatic heterocycles. The van der Waals surface area contributed by atoms with Crippen LogP contribution in [0.5, 0.6) is 0 Å². The lowest BCUT2D eigenvalue weighted by Gasteiger charge is -2.11. The van der Waals surface area contributed by atoms with Gasteiger partial charge in [0, 0.05) is 0 Å². The Morgan fingerprint density at radius 2 is 2.00 bits per heavy atom. The molecule has 0 spiro atoms. The number of primary amides is 1. The lowest BCUT2D eigenvalue weighted by Crippen LogP contribution is -2.37. The van der Waals surface area contributed by atoms with Crippen molar-refractivity contribution in [1.82, 2.24) is 0 Å². The number of amides is 1. The summed E-state index contributed by atoms with van der Waals surface area (Å²) >= 11 is 0. The number of halogens is 1. The molecule has 6 heteroatoms. The van der Waals surface area contributed by atoms with Crippen molar-refractivity contribution >= 4 is 11.9 Å². The number of carboxylic acids is 1. The summed E-state index contributed by atoms with van der Waals surface area (Å²) in [4.78, 5) is 20.6. The molecule has 5 nitrogen and oxygen atoms in total. The van der Waals surface area contributed by atoms with Crippen LogP contribution in [0.2, 0.25) is 0 Å². The molecule has 0 aromatic carbocycles. The average molecular weight is 177 g/mol. The third-order valence-electron chi connectivity index (χ3n) is 1.44. The molecule has 0 aromatic rings. The molecule has 0 heterocycles. The number of carbonyl (C=O) groups is 2. The van der Waals surface area contributed by atoms with Crippen LogP contribution in [0.1, 0.15) is 6.42 Å². The van der Waals surface area contributed by atoms with E-state index in [1.165, 1.54) is 0 Å². The highest BCUT2D eigenvalue weighted by molar-refractivity contribution is 5.79. The van der Waals surface area contributed by atoms with Crippen LogP contribution in [0.15, 0.2) is 0 Å². The Morgan fingerprint density at radius 1 is 1.50 bits per heavy atom. The molecule has 70 valence electrons. The molecule has 0 aliphatic carbocycles. The average Bonchev–Trinajstić information content (AvgIpc) is 1.98. The number of carboxylic acid groups (broad SMARTS) is 1. The van der Waals surface area contributed by atoms with E-state index in [1.807, 2.05) is 0 Å². The summed E-state index contributed by atoms with van der Waals surface area (Å²) in [7, 11) is 0. The van der Waals surface area contributed by atoms with E-state index in [-0.39, 0.29) is 6.42 Å². The van der Waals surface area contributed by atoms with Crippen LogP contribution in [0, 0.1) is 5.92 Å². The molecule has 12 heavy (non-hydrogen) atoms. The van der Waals surface area contributed by atoms with Crippen LogP contribution in [-0.2, 0) is 9.59 Å².